The Morgan fingerprint density at radius 2 is 2.18 bits per heavy atom. The molecule has 1 aliphatic rings. The number of carbonyl (C=O) groups is 1. The summed E-state index contributed by atoms with van der Waals surface area (Å²) in [4.78, 5) is 20.1. The van der Waals surface area contributed by atoms with E-state index in [0.29, 0.717) is 17.7 Å². The predicted octanol–water partition coefficient (Wildman–Crippen LogP) is 1.91. The summed E-state index contributed by atoms with van der Waals surface area (Å²) in [5.41, 5.74) is 0.677. The van der Waals surface area contributed by atoms with Crippen LogP contribution in [0, 0.1) is 0 Å². The molecule has 0 bridgehead atoms. The summed E-state index contributed by atoms with van der Waals surface area (Å²) in [7, 11) is 0. The highest BCUT2D eigenvalue weighted by Gasteiger charge is 2.11. The van der Waals surface area contributed by atoms with Crippen molar-refractivity contribution in [2.45, 2.75) is 25.8 Å². The number of aromatic nitrogens is 1. The fourth-order valence-electron chi connectivity index (χ4n) is 2.04. The first-order valence-corrected chi connectivity index (χ1v) is 7.17. The normalized spacial score (nSPS) is 14.3. The van der Waals surface area contributed by atoms with Crippen LogP contribution in [0.3, 0.4) is 0 Å². The van der Waals surface area contributed by atoms with E-state index in [0.717, 1.165) is 19.4 Å². The van der Waals surface area contributed by atoms with Crippen LogP contribution >= 0.6 is 24.0 Å². The number of rotatable bonds is 5. The fourth-order valence-corrected chi connectivity index (χ4v) is 2.04. The van der Waals surface area contributed by atoms with Gasteiger partial charge >= 0.3 is 0 Å². The molecule has 120 valence electrons. The number of hydrogen-bond acceptors (Lipinski definition) is 3. The Morgan fingerprint density at radius 1 is 1.41 bits per heavy atom. The monoisotopic (exact) mass is 415 g/mol. The van der Waals surface area contributed by atoms with Gasteiger partial charge in [0.15, 0.2) is 5.96 Å². The maximum absolute atomic E-state index is 11.8. The van der Waals surface area contributed by atoms with Crippen LogP contribution in [0.1, 0.15) is 19.8 Å². The minimum Gasteiger partial charge on any atom is -0.357 e. The molecule has 1 amide bonds. The number of carbonyl (C=O) groups excluding carboxylic acids is 1. The first-order chi connectivity index (χ1) is 10.3. The summed E-state index contributed by atoms with van der Waals surface area (Å²) in [6, 6.07) is 3.93. The van der Waals surface area contributed by atoms with Crippen molar-refractivity contribution >= 4 is 41.5 Å². The van der Waals surface area contributed by atoms with Gasteiger partial charge in [-0.3, -0.25) is 9.78 Å². The molecule has 0 unspecified atom stereocenters. The van der Waals surface area contributed by atoms with Crippen molar-refractivity contribution in [3.8, 4) is 0 Å². The lowest BCUT2D eigenvalue weighted by Crippen LogP contribution is -2.42. The van der Waals surface area contributed by atoms with Crippen LogP contribution in [-0.4, -0.2) is 36.0 Å². The molecule has 1 aliphatic carbocycles. The quantitative estimate of drug-likeness (QED) is 0.297. The molecule has 22 heavy (non-hydrogen) atoms. The number of hydrogen-bond donors (Lipinski definition) is 3. The molecule has 2 rings (SSSR count). The van der Waals surface area contributed by atoms with Crippen LogP contribution in [-0.2, 0) is 4.79 Å². The van der Waals surface area contributed by atoms with Crippen molar-refractivity contribution in [2.24, 2.45) is 4.99 Å². The molecule has 0 fully saturated rings. The summed E-state index contributed by atoms with van der Waals surface area (Å²) in [5, 5.41) is 9.22. The van der Waals surface area contributed by atoms with Gasteiger partial charge in [0.1, 0.15) is 6.54 Å². The molecule has 0 aromatic carbocycles. The van der Waals surface area contributed by atoms with Crippen molar-refractivity contribution < 1.29 is 4.79 Å². The number of halogens is 1. The van der Waals surface area contributed by atoms with Crippen molar-refractivity contribution in [2.75, 3.05) is 18.4 Å². The fraction of sp³-hybridized carbons (Fsp3) is 0.400. The number of amides is 1. The Morgan fingerprint density at radius 3 is 2.82 bits per heavy atom. The number of anilines is 1. The maximum Gasteiger partial charge on any atom is 0.246 e. The van der Waals surface area contributed by atoms with Crippen molar-refractivity contribution in [1.82, 2.24) is 15.6 Å². The van der Waals surface area contributed by atoms with Gasteiger partial charge in [0.2, 0.25) is 5.91 Å². The highest BCUT2D eigenvalue weighted by atomic mass is 127. The van der Waals surface area contributed by atoms with E-state index in [1.54, 1.807) is 24.5 Å². The summed E-state index contributed by atoms with van der Waals surface area (Å²) in [6.45, 7) is 2.83. The Bertz CT molecular complexity index is 510. The lowest BCUT2D eigenvalue weighted by atomic mass is 10.2. The zero-order valence-electron chi connectivity index (χ0n) is 12.6. The summed E-state index contributed by atoms with van der Waals surface area (Å²) < 4.78 is 0. The molecule has 3 N–H and O–H groups in total. The van der Waals surface area contributed by atoms with Gasteiger partial charge in [0, 0.05) is 18.8 Å². The first kappa shape index (κ1) is 18.4. The number of pyridine rings is 1. The van der Waals surface area contributed by atoms with E-state index >= 15 is 0 Å². The van der Waals surface area contributed by atoms with E-state index in [4.69, 9.17) is 0 Å². The highest BCUT2D eigenvalue weighted by molar-refractivity contribution is 14.0. The maximum atomic E-state index is 11.8. The highest BCUT2D eigenvalue weighted by Crippen LogP contribution is 2.08. The van der Waals surface area contributed by atoms with E-state index in [1.165, 1.54) is 0 Å². The summed E-state index contributed by atoms with van der Waals surface area (Å²) >= 11 is 0. The zero-order chi connectivity index (χ0) is 14.9. The smallest absolute Gasteiger partial charge is 0.246 e. The van der Waals surface area contributed by atoms with Gasteiger partial charge in [-0.15, -0.1) is 24.0 Å². The van der Waals surface area contributed by atoms with Crippen LogP contribution in [0.4, 0.5) is 5.69 Å². The number of aliphatic imine (C=N–C) groups is 1. The number of nitrogens with zero attached hydrogens (tertiary/aromatic N) is 2. The van der Waals surface area contributed by atoms with Gasteiger partial charge in [-0.05, 0) is 31.9 Å². The molecule has 6 nitrogen and oxygen atoms in total. The molecule has 0 aliphatic heterocycles. The van der Waals surface area contributed by atoms with Crippen LogP contribution in [0.15, 0.2) is 41.7 Å². The van der Waals surface area contributed by atoms with Gasteiger partial charge < -0.3 is 16.0 Å². The van der Waals surface area contributed by atoms with Crippen LogP contribution < -0.4 is 16.0 Å². The lowest BCUT2D eigenvalue weighted by molar-refractivity contribution is -0.114. The average Bonchev–Trinajstić information content (AvgIpc) is 2.99. The van der Waals surface area contributed by atoms with Crippen molar-refractivity contribution in [3.05, 3.63) is 36.7 Å². The van der Waals surface area contributed by atoms with Crippen LogP contribution in [0.2, 0.25) is 0 Å². The van der Waals surface area contributed by atoms with E-state index < -0.39 is 0 Å². The van der Waals surface area contributed by atoms with Gasteiger partial charge in [0.05, 0.1) is 11.9 Å². The Kier molecular flexibility index (Phi) is 8.49. The van der Waals surface area contributed by atoms with Gasteiger partial charge in [0.25, 0.3) is 0 Å². The standard InChI is InChI=1S/C15H21N5O.HI/c1-2-17-15(20-12-6-3-4-7-12)18-11-14(21)19-13-8-5-9-16-10-13;/h3-5,8-10,12H,2,6-7,11H2,1H3,(H,19,21)(H2,17,18,20);1H. The molecule has 1 aromatic rings. The largest absolute Gasteiger partial charge is 0.357 e. The second-order valence-corrected chi connectivity index (χ2v) is 4.77. The SMILES string of the molecule is CCNC(=NCC(=O)Nc1cccnc1)NC1CC=CC1.I. The zero-order valence-corrected chi connectivity index (χ0v) is 14.9. The lowest BCUT2D eigenvalue weighted by Gasteiger charge is -2.16. The van der Waals surface area contributed by atoms with Crippen LogP contribution in [0.5, 0.6) is 0 Å². The minimum absolute atomic E-state index is 0. The average molecular weight is 415 g/mol. The first-order valence-electron chi connectivity index (χ1n) is 7.17. The van der Waals surface area contributed by atoms with Crippen molar-refractivity contribution in [3.63, 3.8) is 0 Å². The molecule has 0 saturated heterocycles. The predicted molar refractivity (Wildman–Crippen MR) is 99.6 cm³/mol. The molecular weight excluding hydrogens is 393 g/mol. The number of guanidine groups is 1. The molecule has 0 atom stereocenters. The summed E-state index contributed by atoms with van der Waals surface area (Å²) in [5.74, 6) is 0.511. The van der Waals surface area contributed by atoms with Gasteiger partial charge in [-0.2, -0.15) is 0 Å². The molecule has 0 radical (unpaired) electrons. The number of nitrogens with one attached hydrogen (secondary N) is 3. The molecule has 7 heteroatoms. The molecular formula is C15H22IN5O. The van der Waals surface area contributed by atoms with Crippen LogP contribution in [0.25, 0.3) is 0 Å². The molecule has 0 spiro atoms. The second kappa shape index (κ2) is 10.1. The van der Waals surface area contributed by atoms with E-state index in [9.17, 15) is 4.79 Å². The molecule has 1 heterocycles. The van der Waals surface area contributed by atoms with Gasteiger partial charge in [-0.25, -0.2) is 4.99 Å². The Labute approximate surface area is 147 Å². The summed E-state index contributed by atoms with van der Waals surface area (Å²) in [6.07, 6.45) is 9.55. The molecule has 1 aromatic heterocycles. The van der Waals surface area contributed by atoms with E-state index in [-0.39, 0.29) is 36.4 Å². The third-order valence-electron chi connectivity index (χ3n) is 3.02. The Hall–Kier alpha value is -1.64. The second-order valence-electron chi connectivity index (χ2n) is 4.77. The van der Waals surface area contributed by atoms with E-state index in [2.05, 4.69) is 38.1 Å². The topological polar surface area (TPSA) is 78.4 Å². The van der Waals surface area contributed by atoms with Crippen molar-refractivity contribution in [1.29, 1.82) is 0 Å². The molecule has 0 saturated carbocycles. The van der Waals surface area contributed by atoms with Gasteiger partial charge in [-0.1, -0.05) is 12.2 Å². The Balaban J connectivity index is 0.00000242. The minimum atomic E-state index is -0.162. The third kappa shape index (κ3) is 6.42. The van der Waals surface area contributed by atoms with E-state index in [1.807, 2.05) is 6.92 Å². The third-order valence-corrected chi connectivity index (χ3v) is 3.02.